The molecule has 1 aliphatic rings. The predicted molar refractivity (Wildman–Crippen MR) is 80.6 cm³/mol. The summed E-state index contributed by atoms with van der Waals surface area (Å²) in [7, 11) is 1.76. The highest BCUT2D eigenvalue weighted by Gasteiger charge is 2.21. The molecule has 1 aliphatic heterocycles. The number of rotatable bonds is 6. The Labute approximate surface area is 120 Å². The minimum absolute atomic E-state index is 0.0530. The highest BCUT2D eigenvalue weighted by atomic mass is 16.5. The van der Waals surface area contributed by atoms with E-state index < -0.39 is 0 Å². The van der Waals surface area contributed by atoms with Crippen molar-refractivity contribution < 1.29 is 9.53 Å². The molecule has 1 saturated heterocycles. The number of amides is 1. The number of nitrogens with zero attached hydrogens (tertiary/aromatic N) is 1. The van der Waals surface area contributed by atoms with Gasteiger partial charge < -0.3 is 20.7 Å². The fourth-order valence-corrected chi connectivity index (χ4v) is 2.45. The Balaban J connectivity index is 1.64. The average Bonchev–Trinajstić information content (AvgIpc) is 2.89. The number of likely N-dealkylation sites (tertiary alicyclic amines) is 1. The number of methoxy groups -OCH3 is 1. The van der Waals surface area contributed by atoms with Crippen LogP contribution in [0.15, 0.2) is 24.3 Å². The van der Waals surface area contributed by atoms with E-state index in [0.29, 0.717) is 18.2 Å². The summed E-state index contributed by atoms with van der Waals surface area (Å²) in [4.78, 5) is 14.2. The maximum Gasteiger partial charge on any atom is 0.224 e. The number of carbonyl (C=O) groups excluding carboxylic acids is 1. The van der Waals surface area contributed by atoms with Crippen molar-refractivity contribution in [1.82, 2.24) is 4.90 Å². The molecule has 0 spiro atoms. The van der Waals surface area contributed by atoms with Crippen molar-refractivity contribution in [3.8, 4) is 0 Å². The van der Waals surface area contributed by atoms with E-state index in [1.807, 2.05) is 12.1 Å². The van der Waals surface area contributed by atoms with Gasteiger partial charge in [0.25, 0.3) is 0 Å². The summed E-state index contributed by atoms with van der Waals surface area (Å²) in [6.07, 6.45) is 2.86. The Bertz CT molecular complexity index is 433. The van der Waals surface area contributed by atoms with Gasteiger partial charge >= 0.3 is 0 Å². The summed E-state index contributed by atoms with van der Waals surface area (Å²) in [6.45, 7) is 3.00. The molecular formula is C15H23N3O2. The van der Waals surface area contributed by atoms with Gasteiger partial charge in [-0.1, -0.05) is 0 Å². The van der Waals surface area contributed by atoms with Crippen LogP contribution in [0, 0.1) is 0 Å². The summed E-state index contributed by atoms with van der Waals surface area (Å²) >= 11 is 0. The van der Waals surface area contributed by atoms with E-state index in [-0.39, 0.29) is 5.91 Å². The molecule has 20 heavy (non-hydrogen) atoms. The van der Waals surface area contributed by atoms with Crippen molar-refractivity contribution in [2.24, 2.45) is 0 Å². The lowest BCUT2D eigenvalue weighted by Gasteiger charge is -2.15. The highest BCUT2D eigenvalue weighted by Crippen LogP contribution is 2.13. The van der Waals surface area contributed by atoms with E-state index in [1.54, 1.807) is 19.2 Å². The Morgan fingerprint density at radius 1 is 1.45 bits per heavy atom. The van der Waals surface area contributed by atoms with Gasteiger partial charge in [-0.3, -0.25) is 4.79 Å². The third-order valence-electron chi connectivity index (χ3n) is 3.64. The van der Waals surface area contributed by atoms with Crippen molar-refractivity contribution in [1.29, 1.82) is 0 Å². The Hall–Kier alpha value is -1.59. The van der Waals surface area contributed by atoms with Crippen LogP contribution in [0.25, 0.3) is 0 Å². The van der Waals surface area contributed by atoms with Gasteiger partial charge in [-0.25, -0.2) is 0 Å². The van der Waals surface area contributed by atoms with Crippen LogP contribution < -0.4 is 11.1 Å². The molecule has 1 heterocycles. The van der Waals surface area contributed by atoms with Crippen LogP contribution in [0.4, 0.5) is 11.4 Å². The zero-order chi connectivity index (χ0) is 14.4. The fourth-order valence-electron chi connectivity index (χ4n) is 2.45. The van der Waals surface area contributed by atoms with Gasteiger partial charge in [-0.15, -0.1) is 0 Å². The van der Waals surface area contributed by atoms with Crippen LogP contribution >= 0.6 is 0 Å². The number of anilines is 2. The smallest absolute Gasteiger partial charge is 0.224 e. The van der Waals surface area contributed by atoms with E-state index in [1.165, 1.54) is 0 Å². The van der Waals surface area contributed by atoms with Crippen molar-refractivity contribution in [3.63, 3.8) is 0 Å². The first-order chi connectivity index (χ1) is 9.67. The van der Waals surface area contributed by atoms with Crippen LogP contribution in [-0.2, 0) is 9.53 Å². The molecule has 1 aromatic carbocycles. The first-order valence-corrected chi connectivity index (χ1v) is 7.08. The monoisotopic (exact) mass is 277 g/mol. The highest BCUT2D eigenvalue weighted by molar-refractivity contribution is 5.90. The van der Waals surface area contributed by atoms with Crippen LogP contribution in [0.2, 0.25) is 0 Å². The minimum atomic E-state index is 0.0530. The second kappa shape index (κ2) is 7.26. The third-order valence-corrected chi connectivity index (χ3v) is 3.64. The molecule has 1 atom stereocenters. The number of nitrogens with two attached hydrogens (primary N) is 1. The maximum absolute atomic E-state index is 11.8. The SMILES string of the molecule is COC1CCN(CCCC(=O)Nc2ccc(N)cc2)C1. The molecule has 1 amide bonds. The first kappa shape index (κ1) is 14.8. The van der Waals surface area contributed by atoms with Crippen molar-refractivity contribution in [2.75, 3.05) is 37.8 Å². The van der Waals surface area contributed by atoms with Crippen molar-refractivity contribution >= 4 is 17.3 Å². The summed E-state index contributed by atoms with van der Waals surface area (Å²) in [5.41, 5.74) is 7.10. The average molecular weight is 277 g/mol. The molecule has 1 unspecified atom stereocenters. The predicted octanol–water partition coefficient (Wildman–Crippen LogP) is 1.71. The lowest BCUT2D eigenvalue weighted by atomic mass is 10.2. The number of hydrogen-bond acceptors (Lipinski definition) is 4. The molecule has 0 bridgehead atoms. The van der Waals surface area contributed by atoms with Crippen molar-refractivity contribution in [2.45, 2.75) is 25.4 Å². The molecule has 5 heteroatoms. The molecule has 0 aliphatic carbocycles. The summed E-state index contributed by atoms with van der Waals surface area (Å²) < 4.78 is 5.33. The number of carbonyl (C=O) groups is 1. The number of benzene rings is 1. The van der Waals surface area contributed by atoms with Crippen LogP contribution in [0.1, 0.15) is 19.3 Å². The number of nitrogens with one attached hydrogen (secondary N) is 1. The quantitative estimate of drug-likeness (QED) is 0.777. The van der Waals surface area contributed by atoms with E-state index >= 15 is 0 Å². The first-order valence-electron chi connectivity index (χ1n) is 7.08. The van der Waals surface area contributed by atoms with Gasteiger partial charge in [0.05, 0.1) is 6.10 Å². The molecule has 110 valence electrons. The van der Waals surface area contributed by atoms with Crippen LogP contribution in [0.3, 0.4) is 0 Å². The maximum atomic E-state index is 11.8. The molecule has 1 fully saturated rings. The molecular weight excluding hydrogens is 254 g/mol. The Morgan fingerprint density at radius 3 is 2.85 bits per heavy atom. The number of ether oxygens (including phenoxy) is 1. The molecule has 0 radical (unpaired) electrons. The van der Waals surface area contributed by atoms with Crippen LogP contribution in [-0.4, -0.2) is 43.7 Å². The van der Waals surface area contributed by atoms with E-state index in [4.69, 9.17) is 10.5 Å². The summed E-state index contributed by atoms with van der Waals surface area (Å²) in [6, 6.07) is 7.20. The molecule has 0 saturated carbocycles. The molecule has 1 aromatic rings. The molecule has 0 aromatic heterocycles. The van der Waals surface area contributed by atoms with Gasteiger partial charge in [0.2, 0.25) is 5.91 Å². The van der Waals surface area contributed by atoms with Gasteiger partial charge in [-0.05, 0) is 43.7 Å². The third kappa shape index (κ3) is 4.51. The second-order valence-electron chi connectivity index (χ2n) is 5.22. The van der Waals surface area contributed by atoms with Gasteiger partial charge in [0, 0.05) is 38.0 Å². The summed E-state index contributed by atoms with van der Waals surface area (Å²) in [5, 5.41) is 2.88. The molecule has 5 nitrogen and oxygen atoms in total. The Morgan fingerprint density at radius 2 is 2.20 bits per heavy atom. The van der Waals surface area contributed by atoms with Gasteiger partial charge in [-0.2, -0.15) is 0 Å². The molecule has 2 rings (SSSR count). The lowest BCUT2D eigenvalue weighted by molar-refractivity contribution is -0.116. The largest absolute Gasteiger partial charge is 0.399 e. The van der Waals surface area contributed by atoms with E-state index in [9.17, 15) is 4.79 Å². The van der Waals surface area contributed by atoms with Crippen molar-refractivity contribution in [3.05, 3.63) is 24.3 Å². The van der Waals surface area contributed by atoms with Gasteiger partial charge in [0.15, 0.2) is 0 Å². The minimum Gasteiger partial charge on any atom is -0.399 e. The zero-order valence-electron chi connectivity index (χ0n) is 12.0. The van der Waals surface area contributed by atoms with Crippen LogP contribution in [0.5, 0.6) is 0 Å². The number of hydrogen-bond donors (Lipinski definition) is 2. The summed E-state index contributed by atoms with van der Waals surface area (Å²) in [5.74, 6) is 0.0530. The fraction of sp³-hybridized carbons (Fsp3) is 0.533. The van der Waals surface area contributed by atoms with Gasteiger partial charge in [0.1, 0.15) is 0 Å². The number of nitrogen functional groups attached to an aromatic ring is 1. The normalized spacial score (nSPS) is 19.1. The topological polar surface area (TPSA) is 67.6 Å². The second-order valence-corrected chi connectivity index (χ2v) is 5.22. The van der Waals surface area contributed by atoms with E-state index in [0.717, 1.165) is 38.2 Å². The molecule has 3 N–H and O–H groups in total. The standard InChI is InChI=1S/C15H23N3O2/c1-20-14-8-10-18(11-14)9-2-3-15(19)17-13-6-4-12(16)5-7-13/h4-7,14H,2-3,8-11,16H2,1H3,(H,17,19). The lowest BCUT2D eigenvalue weighted by Crippen LogP contribution is -2.25. The van der Waals surface area contributed by atoms with E-state index in [2.05, 4.69) is 10.2 Å². The zero-order valence-corrected chi connectivity index (χ0v) is 12.0. The Kier molecular flexibility index (Phi) is 5.38.